The van der Waals surface area contributed by atoms with Gasteiger partial charge in [0.1, 0.15) is 30.6 Å². The summed E-state index contributed by atoms with van der Waals surface area (Å²) in [5, 5.41) is 17.8. The molecule has 5 atom stereocenters. The van der Waals surface area contributed by atoms with E-state index < -0.39 is 61.5 Å². The molecule has 50 heavy (non-hydrogen) atoms. The molecule has 2 unspecified atom stereocenters. The maximum absolute atomic E-state index is 14.2. The normalized spacial score (nSPS) is 19.1. The van der Waals surface area contributed by atoms with E-state index in [2.05, 4.69) is 16.0 Å². The lowest BCUT2D eigenvalue weighted by molar-refractivity contribution is -0.151. The van der Waals surface area contributed by atoms with E-state index in [4.69, 9.17) is 18.5 Å². The zero-order chi connectivity index (χ0) is 36.5. The number of hydrogen-bond donors (Lipinski definition) is 4. The van der Waals surface area contributed by atoms with Gasteiger partial charge in [0.2, 0.25) is 5.91 Å². The van der Waals surface area contributed by atoms with E-state index in [1.807, 2.05) is 37.3 Å². The van der Waals surface area contributed by atoms with E-state index in [1.165, 1.54) is 11.8 Å². The summed E-state index contributed by atoms with van der Waals surface area (Å²) in [6.45, 7) is 5.37. The standard InChI is InChI=1S/C33H52N5O11P/c1-4-5-16-28(50(45,46-3)49-24(2)30(40)38-18-11-15-27(38)31(41)42)36-29(39)26(35-32(43)37-19-21-47-22-20-37)14-9-10-17-34-33(44)48-23-25-12-7-6-8-13-25/h6-8,12-13,24,26-28H,4-5,9-11,14-23H2,1-3H3,(H,34,44)(H,35,43)(H,36,39)(H,41,42)/t24-,26-,27-,28?,50?/m0/s1. The van der Waals surface area contributed by atoms with Crippen LogP contribution in [0.1, 0.15) is 70.8 Å². The smallest absolute Gasteiger partial charge is 0.407 e. The molecule has 280 valence electrons. The predicted molar refractivity (Wildman–Crippen MR) is 182 cm³/mol. The largest absolute Gasteiger partial charge is 0.480 e. The number of alkyl carbamates (subject to hydrolysis) is 1. The first-order valence-corrected chi connectivity index (χ1v) is 18.9. The third kappa shape index (κ3) is 12.6. The van der Waals surface area contributed by atoms with Gasteiger partial charge in [-0.15, -0.1) is 0 Å². The van der Waals surface area contributed by atoms with Gasteiger partial charge in [-0.25, -0.2) is 14.4 Å². The maximum atomic E-state index is 14.2. The molecule has 0 spiro atoms. The van der Waals surface area contributed by atoms with Crippen LogP contribution in [-0.2, 0) is 44.1 Å². The van der Waals surface area contributed by atoms with Gasteiger partial charge in [-0.05, 0) is 51.0 Å². The van der Waals surface area contributed by atoms with Crippen molar-refractivity contribution in [3.8, 4) is 0 Å². The van der Waals surface area contributed by atoms with Crippen LogP contribution in [0.4, 0.5) is 9.59 Å². The number of ether oxygens (including phenoxy) is 2. The average molecular weight is 726 g/mol. The minimum Gasteiger partial charge on any atom is -0.480 e. The van der Waals surface area contributed by atoms with Crippen molar-refractivity contribution >= 4 is 37.5 Å². The molecule has 0 bridgehead atoms. The molecule has 3 rings (SSSR count). The Morgan fingerprint density at radius 2 is 1.74 bits per heavy atom. The van der Waals surface area contributed by atoms with E-state index >= 15 is 0 Å². The van der Waals surface area contributed by atoms with E-state index in [0.29, 0.717) is 64.8 Å². The van der Waals surface area contributed by atoms with Gasteiger partial charge in [0.25, 0.3) is 5.91 Å². The molecule has 17 heteroatoms. The molecule has 2 heterocycles. The molecule has 16 nitrogen and oxygen atoms in total. The molecular weight excluding hydrogens is 673 g/mol. The second-order valence-electron chi connectivity index (χ2n) is 12.3. The topological polar surface area (TPSA) is 202 Å². The van der Waals surface area contributed by atoms with Crippen LogP contribution >= 0.6 is 7.60 Å². The van der Waals surface area contributed by atoms with Crippen molar-refractivity contribution < 1.29 is 52.2 Å². The molecule has 0 radical (unpaired) electrons. The summed E-state index contributed by atoms with van der Waals surface area (Å²) in [6, 6.07) is 6.77. The van der Waals surface area contributed by atoms with Crippen LogP contribution in [0.2, 0.25) is 0 Å². The van der Waals surface area contributed by atoms with Crippen molar-refractivity contribution in [3.05, 3.63) is 35.9 Å². The van der Waals surface area contributed by atoms with E-state index in [9.17, 15) is 33.6 Å². The number of carboxylic acid groups (broad SMARTS) is 1. The van der Waals surface area contributed by atoms with E-state index in [0.717, 1.165) is 12.7 Å². The number of aliphatic carboxylic acids is 1. The molecule has 4 N–H and O–H groups in total. The lowest BCUT2D eigenvalue weighted by atomic mass is 10.1. The van der Waals surface area contributed by atoms with Crippen molar-refractivity contribution in [2.45, 2.75) is 95.8 Å². The molecule has 1 aromatic rings. The molecule has 0 saturated carbocycles. The van der Waals surface area contributed by atoms with Gasteiger partial charge in [-0.3, -0.25) is 18.7 Å². The number of carbonyl (C=O) groups is 5. The minimum absolute atomic E-state index is 0.130. The summed E-state index contributed by atoms with van der Waals surface area (Å²) in [6.07, 6.45) is 1.45. The summed E-state index contributed by atoms with van der Waals surface area (Å²) in [5.74, 6) is -3.54. The fraction of sp³-hybridized carbons (Fsp3) is 0.667. The molecule has 0 aromatic heterocycles. The van der Waals surface area contributed by atoms with Crippen molar-refractivity contribution in [1.82, 2.24) is 25.8 Å². The van der Waals surface area contributed by atoms with Crippen molar-refractivity contribution in [3.63, 3.8) is 0 Å². The number of benzene rings is 1. The van der Waals surface area contributed by atoms with Crippen LogP contribution in [0.25, 0.3) is 0 Å². The number of nitrogens with zero attached hydrogens (tertiary/aromatic N) is 2. The number of nitrogens with one attached hydrogen (secondary N) is 3. The average Bonchev–Trinajstić information content (AvgIpc) is 3.62. The highest BCUT2D eigenvalue weighted by atomic mass is 31.2. The summed E-state index contributed by atoms with van der Waals surface area (Å²) in [5.41, 5.74) is 0.854. The van der Waals surface area contributed by atoms with Gasteiger partial charge < -0.3 is 44.9 Å². The highest BCUT2D eigenvalue weighted by Crippen LogP contribution is 2.54. The Labute approximate surface area is 293 Å². The zero-order valence-corrected chi connectivity index (χ0v) is 30.1. The van der Waals surface area contributed by atoms with Crippen LogP contribution in [0.3, 0.4) is 0 Å². The monoisotopic (exact) mass is 725 g/mol. The van der Waals surface area contributed by atoms with Crippen molar-refractivity contribution in [1.29, 1.82) is 0 Å². The van der Waals surface area contributed by atoms with Crippen LogP contribution in [0.5, 0.6) is 0 Å². The summed E-state index contributed by atoms with van der Waals surface area (Å²) in [7, 11) is -3.03. The third-order valence-electron chi connectivity index (χ3n) is 8.56. The number of rotatable bonds is 19. The molecule has 2 saturated heterocycles. The molecule has 2 aliphatic heterocycles. The summed E-state index contributed by atoms with van der Waals surface area (Å²) >= 11 is 0. The van der Waals surface area contributed by atoms with Gasteiger partial charge in [0, 0.05) is 33.3 Å². The third-order valence-corrected chi connectivity index (χ3v) is 10.8. The molecule has 1 aromatic carbocycles. The molecular formula is C33H52N5O11P. The first-order valence-electron chi connectivity index (χ1n) is 17.2. The van der Waals surface area contributed by atoms with Crippen LogP contribution in [0.15, 0.2) is 30.3 Å². The number of carboxylic acids is 1. The van der Waals surface area contributed by atoms with Crippen LogP contribution < -0.4 is 16.0 Å². The first kappa shape index (κ1) is 40.7. The second-order valence-corrected chi connectivity index (χ2v) is 14.5. The highest BCUT2D eigenvalue weighted by Gasteiger charge is 2.43. The Kier molecular flexibility index (Phi) is 17.0. The molecule has 5 amide bonds. The number of likely N-dealkylation sites (tertiary alicyclic amines) is 1. The van der Waals surface area contributed by atoms with Crippen LogP contribution in [0, 0.1) is 0 Å². The molecule has 2 fully saturated rings. The number of morpholine rings is 1. The SMILES string of the molecule is CCCCC(NC(=O)[C@H](CCCCNC(=O)OCc1ccccc1)NC(=O)N1CCOCC1)P(=O)(OC)O[C@@H](C)C(=O)N1CCC[C@H]1C(=O)O. The fourth-order valence-corrected chi connectivity index (χ4v) is 7.52. The van der Waals surface area contributed by atoms with Crippen molar-refractivity contribution in [2.24, 2.45) is 0 Å². The second kappa shape index (κ2) is 20.8. The van der Waals surface area contributed by atoms with E-state index in [1.54, 1.807) is 4.90 Å². The first-order chi connectivity index (χ1) is 24.0. The fourth-order valence-electron chi connectivity index (χ4n) is 5.72. The van der Waals surface area contributed by atoms with Gasteiger partial charge >= 0.3 is 25.7 Å². The van der Waals surface area contributed by atoms with Gasteiger partial charge in [-0.1, -0.05) is 50.1 Å². The maximum Gasteiger partial charge on any atom is 0.407 e. The van der Waals surface area contributed by atoms with Crippen molar-refractivity contribution in [2.75, 3.05) is 46.5 Å². The Bertz CT molecular complexity index is 1310. The van der Waals surface area contributed by atoms with Crippen LogP contribution in [-0.4, -0.2) is 115 Å². The lowest BCUT2D eigenvalue weighted by Gasteiger charge is -2.32. The van der Waals surface area contributed by atoms with Gasteiger partial charge in [0.15, 0.2) is 0 Å². The quantitative estimate of drug-likeness (QED) is 0.120. The Morgan fingerprint density at radius 3 is 2.40 bits per heavy atom. The molecule has 0 aliphatic carbocycles. The molecule has 2 aliphatic rings. The highest BCUT2D eigenvalue weighted by molar-refractivity contribution is 7.54. The Hall–Kier alpha value is -3.72. The minimum atomic E-state index is -4.19. The van der Waals surface area contributed by atoms with E-state index in [-0.39, 0.29) is 32.5 Å². The summed E-state index contributed by atoms with van der Waals surface area (Å²) in [4.78, 5) is 66.7. The Morgan fingerprint density at radius 1 is 1.02 bits per heavy atom. The Balaban J connectivity index is 1.65. The van der Waals surface area contributed by atoms with Gasteiger partial charge in [-0.2, -0.15) is 0 Å². The number of hydrogen-bond acceptors (Lipinski definition) is 10. The van der Waals surface area contributed by atoms with Gasteiger partial charge in [0.05, 0.1) is 13.2 Å². The predicted octanol–water partition coefficient (Wildman–Crippen LogP) is 3.45. The number of carbonyl (C=O) groups excluding carboxylic acids is 4. The number of urea groups is 1. The zero-order valence-electron chi connectivity index (χ0n) is 29.2. The number of unbranched alkanes of at least 4 members (excludes halogenated alkanes) is 2. The lowest BCUT2D eigenvalue weighted by Crippen LogP contribution is -2.54. The summed E-state index contributed by atoms with van der Waals surface area (Å²) < 4.78 is 35.9. The number of amides is 5.